The lowest BCUT2D eigenvalue weighted by atomic mass is 10.1. The van der Waals surface area contributed by atoms with E-state index in [0.29, 0.717) is 21.6 Å². The Morgan fingerprint density at radius 3 is 2.53 bits per heavy atom. The van der Waals surface area contributed by atoms with E-state index in [4.69, 9.17) is 11.6 Å². The Balaban J connectivity index is 1.74. The Kier molecular flexibility index (Phi) is 5.02. The van der Waals surface area contributed by atoms with E-state index in [-0.39, 0.29) is 24.5 Å². The third kappa shape index (κ3) is 3.46. The third-order valence-corrected chi connectivity index (χ3v) is 5.98. The maximum absolute atomic E-state index is 14.6. The second kappa shape index (κ2) is 7.88. The summed E-state index contributed by atoms with van der Waals surface area (Å²) in [5.74, 6) is -0.776. The number of fused-ring (bicyclic) bond motifs is 3. The van der Waals surface area contributed by atoms with Gasteiger partial charge in [0, 0.05) is 16.0 Å². The molecule has 0 aliphatic carbocycles. The molecule has 5 aromatic rings. The number of hydrogen-bond acceptors (Lipinski definition) is 2. The second-order valence-corrected chi connectivity index (χ2v) is 8.22. The van der Waals surface area contributed by atoms with Crippen LogP contribution in [0.2, 0.25) is 5.02 Å². The fourth-order valence-electron chi connectivity index (χ4n) is 4.02. The van der Waals surface area contributed by atoms with Crippen molar-refractivity contribution in [1.29, 1.82) is 0 Å². The minimum absolute atomic E-state index is 0.0893. The molecule has 0 aliphatic rings. The van der Waals surface area contributed by atoms with Gasteiger partial charge in [-0.1, -0.05) is 41.4 Å². The minimum Gasteiger partial charge on any atom is -0.330 e. The lowest BCUT2D eigenvalue weighted by Gasteiger charge is -2.11. The smallest absolute Gasteiger partial charge is 0.278 e. The highest BCUT2D eigenvalue weighted by atomic mass is 35.5. The van der Waals surface area contributed by atoms with Crippen molar-refractivity contribution < 1.29 is 8.78 Å². The van der Waals surface area contributed by atoms with Crippen LogP contribution in [0.4, 0.5) is 8.78 Å². The second-order valence-electron chi connectivity index (χ2n) is 7.81. The fraction of sp³-hybridized carbons (Fsp3) is 0.120. The average Bonchev–Trinajstić information content (AvgIpc) is 3.07. The topological polar surface area (TPSA) is 39.8 Å². The lowest BCUT2D eigenvalue weighted by Crippen LogP contribution is -2.23. The standard InChI is InChI=1S/C25H18ClF2N3O/c1-15-5-10-22-18(11-15)23-24(31(22)13-19-20(26)3-2-4-21(19)28)25(32)30(14-29-23)12-16-6-8-17(27)9-7-16/h2-11,14H,12-13H2,1H3. The summed E-state index contributed by atoms with van der Waals surface area (Å²) in [6.07, 6.45) is 1.50. The van der Waals surface area contributed by atoms with Crippen LogP contribution in [0.15, 0.2) is 71.8 Å². The molecule has 0 spiro atoms. The third-order valence-electron chi connectivity index (χ3n) is 5.63. The molecular weight excluding hydrogens is 432 g/mol. The van der Waals surface area contributed by atoms with E-state index < -0.39 is 5.82 Å². The molecule has 2 aromatic heterocycles. The highest BCUT2D eigenvalue weighted by Crippen LogP contribution is 2.29. The van der Waals surface area contributed by atoms with Gasteiger partial charge in [-0.25, -0.2) is 13.8 Å². The van der Waals surface area contributed by atoms with E-state index in [9.17, 15) is 13.6 Å². The SMILES string of the molecule is Cc1ccc2c(c1)c1ncn(Cc3ccc(F)cc3)c(=O)c1n2Cc1c(F)cccc1Cl. The summed E-state index contributed by atoms with van der Waals surface area (Å²) in [5.41, 5.74) is 3.53. The van der Waals surface area contributed by atoms with Gasteiger partial charge in [0.25, 0.3) is 5.56 Å². The van der Waals surface area contributed by atoms with Crippen molar-refractivity contribution in [2.75, 3.05) is 0 Å². The van der Waals surface area contributed by atoms with Gasteiger partial charge in [0.2, 0.25) is 0 Å². The van der Waals surface area contributed by atoms with Gasteiger partial charge in [-0.15, -0.1) is 0 Å². The molecule has 0 atom stereocenters. The summed E-state index contributed by atoms with van der Waals surface area (Å²) in [6, 6.07) is 16.3. The van der Waals surface area contributed by atoms with Crippen molar-refractivity contribution in [2.45, 2.75) is 20.0 Å². The van der Waals surface area contributed by atoms with Crippen molar-refractivity contribution in [3.05, 3.63) is 111 Å². The van der Waals surface area contributed by atoms with Crippen molar-refractivity contribution in [3.8, 4) is 0 Å². The Bertz CT molecular complexity index is 1520. The molecule has 0 aliphatic heterocycles. The van der Waals surface area contributed by atoms with Gasteiger partial charge < -0.3 is 4.57 Å². The predicted octanol–water partition coefficient (Wildman–Crippen LogP) is 5.69. The van der Waals surface area contributed by atoms with Crippen LogP contribution in [-0.2, 0) is 13.1 Å². The van der Waals surface area contributed by atoms with Crippen molar-refractivity contribution in [3.63, 3.8) is 0 Å². The number of hydrogen-bond donors (Lipinski definition) is 0. The monoisotopic (exact) mass is 449 g/mol. The van der Waals surface area contributed by atoms with Crippen LogP contribution in [-0.4, -0.2) is 14.1 Å². The van der Waals surface area contributed by atoms with Crippen molar-refractivity contribution >= 4 is 33.5 Å². The maximum Gasteiger partial charge on any atom is 0.278 e. The van der Waals surface area contributed by atoms with Gasteiger partial charge >= 0.3 is 0 Å². The number of benzene rings is 3. The summed E-state index contributed by atoms with van der Waals surface area (Å²) in [6.45, 7) is 2.29. The molecule has 0 bridgehead atoms. The van der Waals surface area contributed by atoms with Gasteiger partial charge in [0.05, 0.1) is 24.9 Å². The number of aryl methyl sites for hydroxylation is 1. The molecule has 32 heavy (non-hydrogen) atoms. The first kappa shape index (κ1) is 20.4. The molecular formula is C25H18ClF2N3O. The molecule has 0 amide bonds. The molecule has 0 saturated heterocycles. The Morgan fingerprint density at radius 2 is 1.78 bits per heavy atom. The first-order valence-corrected chi connectivity index (χ1v) is 10.5. The zero-order valence-electron chi connectivity index (χ0n) is 17.1. The lowest BCUT2D eigenvalue weighted by molar-refractivity contribution is 0.603. The molecule has 0 radical (unpaired) electrons. The summed E-state index contributed by atoms with van der Waals surface area (Å²) < 4.78 is 31.1. The summed E-state index contributed by atoms with van der Waals surface area (Å²) in [7, 11) is 0. The summed E-state index contributed by atoms with van der Waals surface area (Å²) in [5, 5.41) is 1.11. The highest BCUT2D eigenvalue weighted by molar-refractivity contribution is 6.31. The average molecular weight is 450 g/mol. The van der Waals surface area contributed by atoms with Gasteiger partial charge in [0.1, 0.15) is 22.7 Å². The van der Waals surface area contributed by atoms with Crippen LogP contribution in [0.25, 0.3) is 21.9 Å². The van der Waals surface area contributed by atoms with Crippen LogP contribution in [0.5, 0.6) is 0 Å². The van der Waals surface area contributed by atoms with Crippen LogP contribution < -0.4 is 5.56 Å². The first-order chi connectivity index (χ1) is 15.4. The molecule has 0 saturated carbocycles. The Labute approximate surface area is 187 Å². The zero-order chi connectivity index (χ0) is 22.4. The molecule has 0 N–H and O–H groups in total. The molecule has 7 heteroatoms. The zero-order valence-corrected chi connectivity index (χ0v) is 17.9. The van der Waals surface area contributed by atoms with E-state index in [0.717, 1.165) is 22.0 Å². The van der Waals surface area contributed by atoms with E-state index in [1.165, 1.54) is 29.1 Å². The van der Waals surface area contributed by atoms with E-state index in [1.807, 2.05) is 25.1 Å². The van der Waals surface area contributed by atoms with Crippen LogP contribution in [0.1, 0.15) is 16.7 Å². The van der Waals surface area contributed by atoms with Crippen LogP contribution in [0, 0.1) is 18.6 Å². The number of halogens is 3. The van der Waals surface area contributed by atoms with Gasteiger partial charge in [-0.05, 0) is 48.9 Å². The van der Waals surface area contributed by atoms with Crippen molar-refractivity contribution in [2.24, 2.45) is 0 Å². The molecule has 160 valence electrons. The van der Waals surface area contributed by atoms with E-state index >= 15 is 0 Å². The van der Waals surface area contributed by atoms with E-state index in [2.05, 4.69) is 4.98 Å². The normalized spacial score (nSPS) is 11.5. The van der Waals surface area contributed by atoms with Gasteiger partial charge in [-0.2, -0.15) is 0 Å². The number of rotatable bonds is 4. The molecule has 2 heterocycles. The quantitative estimate of drug-likeness (QED) is 0.353. The number of nitrogens with zero attached hydrogens (tertiary/aromatic N) is 3. The predicted molar refractivity (Wildman–Crippen MR) is 122 cm³/mol. The molecule has 4 nitrogen and oxygen atoms in total. The highest BCUT2D eigenvalue weighted by Gasteiger charge is 2.19. The molecule has 5 rings (SSSR count). The largest absolute Gasteiger partial charge is 0.330 e. The van der Waals surface area contributed by atoms with E-state index in [1.54, 1.807) is 28.8 Å². The Hall–Kier alpha value is -3.51. The molecule has 0 fully saturated rings. The van der Waals surface area contributed by atoms with Crippen molar-refractivity contribution in [1.82, 2.24) is 14.1 Å². The maximum atomic E-state index is 14.6. The Morgan fingerprint density at radius 1 is 1.00 bits per heavy atom. The molecule has 0 unspecified atom stereocenters. The van der Waals surface area contributed by atoms with Gasteiger partial charge in [-0.3, -0.25) is 9.36 Å². The number of aromatic nitrogens is 3. The van der Waals surface area contributed by atoms with Crippen LogP contribution in [0.3, 0.4) is 0 Å². The summed E-state index contributed by atoms with van der Waals surface area (Å²) >= 11 is 6.28. The molecule has 3 aromatic carbocycles. The van der Waals surface area contributed by atoms with Crippen LogP contribution >= 0.6 is 11.6 Å². The van der Waals surface area contributed by atoms with Gasteiger partial charge in [0.15, 0.2) is 0 Å². The fourth-order valence-corrected chi connectivity index (χ4v) is 4.24. The summed E-state index contributed by atoms with van der Waals surface area (Å²) in [4.78, 5) is 18.1. The minimum atomic E-state index is -0.435. The first-order valence-electron chi connectivity index (χ1n) is 10.1.